The maximum absolute atomic E-state index is 11.9. The SMILES string of the molecule is O=C(O)c1sccc1NS(=O)(=O)CCCC(F)(F)F. The van der Waals surface area contributed by atoms with E-state index < -0.39 is 40.8 Å². The largest absolute Gasteiger partial charge is 0.477 e. The third-order valence-corrected chi connectivity index (χ3v) is 4.26. The molecule has 0 fully saturated rings. The molecule has 2 N–H and O–H groups in total. The molecular formula is C9H10F3NO4S2. The van der Waals surface area contributed by atoms with Gasteiger partial charge >= 0.3 is 12.1 Å². The minimum absolute atomic E-state index is 0.135. The first kappa shape index (κ1) is 15.8. The van der Waals surface area contributed by atoms with Crippen LogP contribution in [0.4, 0.5) is 18.9 Å². The first-order valence-electron chi connectivity index (χ1n) is 4.99. The fraction of sp³-hybridized carbons (Fsp3) is 0.444. The topological polar surface area (TPSA) is 83.5 Å². The lowest BCUT2D eigenvalue weighted by Crippen LogP contribution is -2.19. The number of thiophene rings is 1. The molecule has 5 nitrogen and oxygen atoms in total. The number of aromatic carboxylic acids is 1. The van der Waals surface area contributed by atoms with Gasteiger partial charge in [-0.2, -0.15) is 13.2 Å². The van der Waals surface area contributed by atoms with E-state index >= 15 is 0 Å². The molecule has 0 radical (unpaired) electrons. The highest BCUT2D eigenvalue weighted by Crippen LogP contribution is 2.25. The number of nitrogens with one attached hydrogen (secondary N) is 1. The van der Waals surface area contributed by atoms with Crippen molar-refractivity contribution < 1.29 is 31.5 Å². The Morgan fingerprint density at radius 2 is 2.05 bits per heavy atom. The summed E-state index contributed by atoms with van der Waals surface area (Å²) in [5, 5.41) is 10.1. The standard InChI is InChI=1S/C9H10F3NO4S2/c10-9(11,12)3-1-5-19(16,17)13-6-2-4-18-7(6)8(14)15/h2,4,13H,1,3,5H2,(H,14,15). The number of anilines is 1. The molecule has 108 valence electrons. The van der Waals surface area contributed by atoms with Crippen LogP contribution in [0.3, 0.4) is 0 Å². The molecule has 1 rings (SSSR count). The Morgan fingerprint density at radius 1 is 1.42 bits per heavy atom. The van der Waals surface area contributed by atoms with Crippen molar-refractivity contribution in [1.29, 1.82) is 0 Å². The Morgan fingerprint density at radius 3 is 2.58 bits per heavy atom. The summed E-state index contributed by atoms with van der Waals surface area (Å²) in [5.74, 6) is -2.02. The van der Waals surface area contributed by atoms with Gasteiger partial charge in [-0.25, -0.2) is 13.2 Å². The average molecular weight is 317 g/mol. The van der Waals surface area contributed by atoms with E-state index in [1.807, 2.05) is 4.72 Å². The number of rotatable bonds is 6. The molecule has 0 saturated carbocycles. The average Bonchev–Trinajstić information content (AvgIpc) is 2.62. The molecule has 0 aliphatic carbocycles. The van der Waals surface area contributed by atoms with Gasteiger partial charge in [-0.05, 0) is 17.9 Å². The van der Waals surface area contributed by atoms with Crippen molar-refractivity contribution in [3.63, 3.8) is 0 Å². The second kappa shape index (κ2) is 5.78. The van der Waals surface area contributed by atoms with Gasteiger partial charge < -0.3 is 5.11 Å². The Balaban J connectivity index is 2.65. The van der Waals surface area contributed by atoms with Gasteiger partial charge in [0.1, 0.15) is 4.88 Å². The molecule has 0 bridgehead atoms. The van der Waals surface area contributed by atoms with E-state index in [0.29, 0.717) is 0 Å². The Labute approximate surface area is 111 Å². The fourth-order valence-electron chi connectivity index (χ4n) is 1.24. The maximum Gasteiger partial charge on any atom is 0.389 e. The summed E-state index contributed by atoms with van der Waals surface area (Å²) in [6.45, 7) is 0. The van der Waals surface area contributed by atoms with Crippen LogP contribution >= 0.6 is 11.3 Å². The highest BCUT2D eigenvalue weighted by Gasteiger charge is 2.27. The van der Waals surface area contributed by atoms with E-state index in [4.69, 9.17) is 5.11 Å². The monoisotopic (exact) mass is 317 g/mol. The van der Waals surface area contributed by atoms with E-state index in [1.165, 1.54) is 11.4 Å². The second-order valence-corrected chi connectivity index (χ2v) is 6.37. The Kier molecular flexibility index (Phi) is 4.80. The van der Waals surface area contributed by atoms with Gasteiger partial charge in [-0.1, -0.05) is 0 Å². The molecule has 0 aliphatic heterocycles. The predicted octanol–water partition coefficient (Wildman–Crippen LogP) is 2.53. The highest BCUT2D eigenvalue weighted by atomic mass is 32.2. The van der Waals surface area contributed by atoms with Crippen LogP contribution in [0.25, 0.3) is 0 Å². The summed E-state index contributed by atoms with van der Waals surface area (Å²) in [5.41, 5.74) is -0.135. The van der Waals surface area contributed by atoms with Crippen LogP contribution in [0.15, 0.2) is 11.4 Å². The zero-order chi connectivity index (χ0) is 14.7. The normalized spacial score (nSPS) is 12.4. The third kappa shape index (κ3) is 5.47. The Hall–Kier alpha value is -1.29. The van der Waals surface area contributed by atoms with E-state index in [1.54, 1.807) is 0 Å². The van der Waals surface area contributed by atoms with E-state index in [9.17, 15) is 26.4 Å². The summed E-state index contributed by atoms with van der Waals surface area (Å²) in [4.78, 5) is 10.5. The lowest BCUT2D eigenvalue weighted by Gasteiger charge is -2.08. The molecule has 0 amide bonds. The number of carboxylic acid groups (broad SMARTS) is 1. The van der Waals surface area contributed by atoms with Crippen LogP contribution in [0.1, 0.15) is 22.5 Å². The number of carboxylic acids is 1. The maximum atomic E-state index is 11.9. The van der Waals surface area contributed by atoms with Crippen molar-refractivity contribution >= 4 is 33.0 Å². The molecule has 0 saturated heterocycles. The molecule has 1 aromatic rings. The van der Waals surface area contributed by atoms with Gasteiger partial charge in [-0.15, -0.1) is 11.3 Å². The lowest BCUT2D eigenvalue weighted by atomic mass is 10.3. The number of carbonyl (C=O) groups is 1. The van der Waals surface area contributed by atoms with Gasteiger partial charge in [0.05, 0.1) is 11.4 Å². The molecule has 0 aliphatic rings. The van der Waals surface area contributed by atoms with Crippen molar-refractivity contribution in [3.8, 4) is 0 Å². The van der Waals surface area contributed by atoms with E-state index in [2.05, 4.69) is 0 Å². The van der Waals surface area contributed by atoms with Crippen molar-refractivity contribution in [2.45, 2.75) is 19.0 Å². The molecule has 1 aromatic heterocycles. The van der Waals surface area contributed by atoms with Crippen LogP contribution in [0.5, 0.6) is 0 Å². The zero-order valence-electron chi connectivity index (χ0n) is 9.40. The number of sulfonamides is 1. The van der Waals surface area contributed by atoms with E-state index in [0.717, 1.165) is 11.3 Å². The molecular weight excluding hydrogens is 307 g/mol. The summed E-state index contributed by atoms with van der Waals surface area (Å²) in [6.07, 6.45) is -6.20. The van der Waals surface area contributed by atoms with Crippen LogP contribution < -0.4 is 4.72 Å². The van der Waals surface area contributed by atoms with Gasteiger partial charge in [0.15, 0.2) is 0 Å². The van der Waals surface area contributed by atoms with Crippen LogP contribution in [-0.4, -0.2) is 31.4 Å². The molecule has 0 aromatic carbocycles. The predicted molar refractivity (Wildman–Crippen MR) is 64.0 cm³/mol. The van der Waals surface area contributed by atoms with Crippen LogP contribution in [0.2, 0.25) is 0 Å². The quantitative estimate of drug-likeness (QED) is 0.844. The van der Waals surface area contributed by atoms with Crippen LogP contribution in [-0.2, 0) is 10.0 Å². The number of hydrogen-bond donors (Lipinski definition) is 2. The molecule has 0 atom stereocenters. The summed E-state index contributed by atoms with van der Waals surface area (Å²) < 4.78 is 60.6. The van der Waals surface area contributed by atoms with E-state index in [-0.39, 0.29) is 10.6 Å². The first-order valence-corrected chi connectivity index (χ1v) is 7.52. The van der Waals surface area contributed by atoms with Gasteiger partial charge in [0.25, 0.3) is 0 Å². The summed E-state index contributed by atoms with van der Waals surface area (Å²) >= 11 is 0.820. The summed E-state index contributed by atoms with van der Waals surface area (Å²) in [7, 11) is -3.99. The Bertz CT molecular complexity index is 550. The number of halogens is 3. The van der Waals surface area contributed by atoms with Gasteiger partial charge in [0, 0.05) is 6.42 Å². The number of hydrogen-bond acceptors (Lipinski definition) is 4. The number of alkyl halides is 3. The van der Waals surface area contributed by atoms with Gasteiger partial charge in [0.2, 0.25) is 10.0 Å². The summed E-state index contributed by atoms with van der Waals surface area (Å²) in [6, 6.07) is 1.25. The minimum atomic E-state index is -4.41. The lowest BCUT2D eigenvalue weighted by molar-refractivity contribution is -0.134. The molecule has 10 heteroatoms. The molecule has 19 heavy (non-hydrogen) atoms. The third-order valence-electron chi connectivity index (χ3n) is 2.00. The van der Waals surface area contributed by atoms with Crippen molar-refractivity contribution in [3.05, 3.63) is 16.3 Å². The fourth-order valence-corrected chi connectivity index (χ4v) is 3.12. The first-order chi connectivity index (χ1) is 8.61. The van der Waals surface area contributed by atoms with Crippen molar-refractivity contribution in [2.24, 2.45) is 0 Å². The van der Waals surface area contributed by atoms with Gasteiger partial charge in [-0.3, -0.25) is 4.72 Å². The second-order valence-electron chi connectivity index (χ2n) is 3.61. The molecule has 1 heterocycles. The zero-order valence-corrected chi connectivity index (χ0v) is 11.0. The minimum Gasteiger partial charge on any atom is -0.477 e. The molecule has 0 spiro atoms. The highest BCUT2D eigenvalue weighted by molar-refractivity contribution is 7.92. The smallest absolute Gasteiger partial charge is 0.389 e. The van der Waals surface area contributed by atoms with Crippen LogP contribution in [0, 0.1) is 0 Å². The van der Waals surface area contributed by atoms with Crippen molar-refractivity contribution in [1.82, 2.24) is 0 Å². The molecule has 0 unspecified atom stereocenters. The van der Waals surface area contributed by atoms with Crippen molar-refractivity contribution in [2.75, 3.05) is 10.5 Å².